The average molecular weight is 458 g/mol. The standard InChI is InChI=1S/C22H34Br2/c23-17-20-15-19-13-11-9-7-5-3-1-2-4-6-8-10-12-14-22(20)21(16-19)18-24/h15-16H,1-14,17-18H2. The third-order valence-corrected chi connectivity index (χ3v) is 6.63. The molecule has 1 aromatic carbocycles. The molecule has 2 bridgehead atoms. The van der Waals surface area contributed by atoms with Crippen LogP contribution in [0.25, 0.3) is 0 Å². The molecule has 0 heterocycles. The Kier molecular flexibility index (Phi) is 10.7. The quantitative estimate of drug-likeness (QED) is 0.392. The van der Waals surface area contributed by atoms with Crippen LogP contribution in [0, 0.1) is 0 Å². The molecule has 0 N–H and O–H groups in total. The number of hydrogen-bond acceptors (Lipinski definition) is 0. The average Bonchev–Trinajstić information content (AvgIpc) is 2.61. The smallest absolute Gasteiger partial charge is 0.0285 e. The van der Waals surface area contributed by atoms with Gasteiger partial charge in [0.2, 0.25) is 0 Å². The van der Waals surface area contributed by atoms with Crippen LogP contribution in [0.4, 0.5) is 0 Å². The Balaban J connectivity index is 2.05. The highest BCUT2D eigenvalue weighted by Gasteiger charge is 2.10. The predicted molar refractivity (Wildman–Crippen MR) is 115 cm³/mol. The van der Waals surface area contributed by atoms with Crippen LogP contribution in [-0.4, -0.2) is 0 Å². The minimum absolute atomic E-state index is 0.996. The number of rotatable bonds is 2. The molecule has 2 aliphatic carbocycles. The number of alkyl halides is 2. The van der Waals surface area contributed by atoms with Gasteiger partial charge in [-0.2, -0.15) is 0 Å². The minimum Gasteiger partial charge on any atom is -0.0876 e. The Morgan fingerprint density at radius 1 is 0.542 bits per heavy atom. The highest BCUT2D eigenvalue weighted by Crippen LogP contribution is 2.26. The first-order chi connectivity index (χ1) is 11.8. The van der Waals surface area contributed by atoms with E-state index < -0.39 is 0 Å². The molecule has 2 heteroatoms. The predicted octanol–water partition coefficient (Wildman–Crippen LogP) is 8.26. The lowest BCUT2D eigenvalue weighted by Crippen LogP contribution is -2.01. The van der Waals surface area contributed by atoms with E-state index in [4.69, 9.17) is 0 Å². The van der Waals surface area contributed by atoms with Gasteiger partial charge >= 0.3 is 0 Å². The second kappa shape index (κ2) is 12.5. The molecule has 0 fully saturated rings. The van der Waals surface area contributed by atoms with Crippen molar-refractivity contribution in [1.82, 2.24) is 0 Å². The number of halogens is 2. The molecule has 0 radical (unpaired) electrons. The number of aryl methyl sites for hydroxylation is 1. The van der Waals surface area contributed by atoms with Crippen molar-refractivity contribution in [2.24, 2.45) is 0 Å². The molecule has 0 atom stereocenters. The highest BCUT2D eigenvalue weighted by molar-refractivity contribution is 9.08. The van der Waals surface area contributed by atoms with Gasteiger partial charge in [-0.15, -0.1) is 0 Å². The maximum Gasteiger partial charge on any atom is 0.0285 e. The molecule has 0 spiro atoms. The summed E-state index contributed by atoms with van der Waals surface area (Å²) in [6.45, 7) is 0. The van der Waals surface area contributed by atoms with Crippen molar-refractivity contribution < 1.29 is 0 Å². The first kappa shape index (κ1) is 20.5. The van der Waals surface area contributed by atoms with Crippen molar-refractivity contribution in [2.45, 2.75) is 101 Å². The lowest BCUT2D eigenvalue weighted by molar-refractivity contribution is 0.539. The van der Waals surface area contributed by atoms with Gasteiger partial charge in [0.05, 0.1) is 0 Å². The lowest BCUT2D eigenvalue weighted by atomic mass is 9.92. The molecule has 2 aliphatic rings. The van der Waals surface area contributed by atoms with E-state index in [-0.39, 0.29) is 0 Å². The van der Waals surface area contributed by atoms with Gasteiger partial charge in [-0.05, 0) is 47.9 Å². The summed E-state index contributed by atoms with van der Waals surface area (Å²) in [4.78, 5) is 0. The van der Waals surface area contributed by atoms with Crippen LogP contribution >= 0.6 is 31.9 Å². The molecule has 0 aromatic heterocycles. The van der Waals surface area contributed by atoms with E-state index in [1.54, 1.807) is 11.1 Å². The van der Waals surface area contributed by atoms with Gasteiger partial charge in [0, 0.05) is 10.7 Å². The fourth-order valence-corrected chi connectivity index (χ4v) is 4.97. The molecule has 0 unspecified atom stereocenters. The number of hydrogen-bond donors (Lipinski definition) is 0. The van der Waals surface area contributed by atoms with Crippen LogP contribution in [0.2, 0.25) is 0 Å². The molecule has 24 heavy (non-hydrogen) atoms. The van der Waals surface area contributed by atoms with Crippen LogP contribution in [0.1, 0.15) is 99.3 Å². The van der Waals surface area contributed by atoms with Crippen molar-refractivity contribution >= 4 is 31.9 Å². The van der Waals surface area contributed by atoms with E-state index in [0.717, 1.165) is 10.7 Å². The summed E-state index contributed by atoms with van der Waals surface area (Å²) in [5.41, 5.74) is 6.21. The van der Waals surface area contributed by atoms with Crippen molar-refractivity contribution in [1.29, 1.82) is 0 Å². The van der Waals surface area contributed by atoms with Gasteiger partial charge in [0.15, 0.2) is 0 Å². The molecule has 136 valence electrons. The molecule has 0 nitrogen and oxygen atoms in total. The van der Waals surface area contributed by atoms with Gasteiger partial charge in [-0.3, -0.25) is 0 Å². The molecular weight excluding hydrogens is 424 g/mol. The Labute approximate surface area is 166 Å². The summed E-state index contributed by atoms with van der Waals surface area (Å²) in [5.74, 6) is 0. The van der Waals surface area contributed by atoms with Gasteiger partial charge in [-0.1, -0.05) is 108 Å². The Morgan fingerprint density at radius 2 is 0.917 bits per heavy atom. The van der Waals surface area contributed by atoms with Gasteiger partial charge in [-0.25, -0.2) is 0 Å². The Hall–Kier alpha value is 0.180. The van der Waals surface area contributed by atoms with Crippen LogP contribution in [0.3, 0.4) is 0 Å². The van der Waals surface area contributed by atoms with E-state index in [0.29, 0.717) is 0 Å². The number of benzene rings is 1. The highest BCUT2D eigenvalue weighted by atomic mass is 79.9. The Morgan fingerprint density at radius 3 is 1.33 bits per heavy atom. The lowest BCUT2D eigenvalue weighted by Gasteiger charge is -2.16. The third kappa shape index (κ3) is 7.20. The first-order valence-electron chi connectivity index (χ1n) is 10.1. The molecule has 0 saturated carbocycles. The van der Waals surface area contributed by atoms with E-state index in [1.165, 1.54) is 101 Å². The number of fused-ring (bicyclic) bond motifs is 15. The van der Waals surface area contributed by atoms with Crippen LogP contribution in [0.5, 0.6) is 0 Å². The van der Waals surface area contributed by atoms with E-state index in [1.807, 2.05) is 0 Å². The maximum atomic E-state index is 3.73. The zero-order valence-electron chi connectivity index (χ0n) is 15.2. The van der Waals surface area contributed by atoms with Crippen molar-refractivity contribution in [3.05, 3.63) is 34.4 Å². The summed E-state index contributed by atoms with van der Waals surface area (Å²) in [7, 11) is 0. The summed E-state index contributed by atoms with van der Waals surface area (Å²) < 4.78 is 0. The molecular formula is C22H34Br2. The van der Waals surface area contributed by atoms with E-state index in [2.05, 4.69) is 44.0 Å². The summed E-state index contributed by atoms with van der Waals surface area (Å²) in [6, 6.07) is 4.94. The van der Waals surface area contributed by atoms with Gasteiger partial charge in [0.1, 0.15) is 0 Å². The Bertz CT molecular complexity index is 442. The molecule has 3 rings (SSSR count). The van der Waals surface area contributed by atoms with Crippen LogP contribution < -0.4 is 0 Å². The molecule has 1 aromatic rings. The summed E-state index contributed by atoms with van der Waals surface area (Å²) in [5, 5.41) is 1.99. The normalized spacial score (nSPS) is 18.9. The monoisotopic (exact) mass is 456 g/mol. The molecule has 0 aliphatic heterocycles. The maximum absolute atomic E-state index is 3.73. The SMILES string of the molecule is BrCc1cc2cc(CBr)c1CCCCCCCCCCCCCC2. The third-order valence-electron chi connectivity index (χ3n) is 5.42. The zero-order valence-corrected chi connectivity index (χ0v) is 18.4. The van der Waals surface area contributed by atoms with Crippen molar-refractivity contribution in [2.75, 3.05) is 0 Å². The van der Waals surface area contributed by atoms with Crippen LogP contribution in [0.15, 0.2) is 12.1 Å². The second-order valence-corrected chi connectivity index (χ2v) is 8.52. The second-order valence-electron chi connectivity index (χ2n) is 7.40. The van der Waals surface area contributed by atoms with Crippen LogP contribution in [-0.2, 0) is 23.5 Å². The van der Waals surface area contributed by atoms with Gasteiger partial charge < -0.3 is 0 Å². The van der Waals surface area contributed by atoms with E-state index >= 15 is 0 Å². The minimum atomic E-state index is 0.996. The summed E-state index contributed by atoms with van der Waals surface area (Å²) in [6.07, 6.45) is 19.6. The molecule has 0 saturated heterocycles. The van der Waals surface area contributed by atoms with Crippen molar-refractivity contribution in [3.8, 4) is 0 Å². The van der Waals surface area contributed by atoms with E-state index in [9.17, 15) is 0 Å². The topological polar surface area (TPSA) is 0 Å². The summed E-state index contributed by atoms with van der Waals surface area (Å²) >= 11 is 7.47. The first-order valence-corrected chi connectivity index (χ1v) is 12.3. The fraction of sp³-hybridized carbons (Fsp3) is 0.727. The fourth-order valence-electron chi connectivity index (χ4n) is 3.97. The van der Waals surface area contributed by atoms with Gasteiger partial charge in [0.25, 0.3) is 0 Å². The zero-order chi connectivity index (χ0) is 17.0. The largest absolute Gasteiger partial charge is 0.0876 e. The van der Waals surface area contributed by atoms with Crippen molar-refractivity contribution in [3.63, 3.8) is 0 Å². The molecule has 0 amide bonds.